The number of hydrogen-bond acceptors (Lipinski definition) is 6. The lowest BCUT2D eigenvalue weighted by Gasteiger charge is -2.13. The molecular formula is C20H19FN4O3S. The SMILES string of the molecule is CCn1c(S[C@@H](C)C(=O)Nc2ccc3c(c2)OCO3)nnc1-c1ccccc1F. The van der Waals surface area contributed by atoms with Crippen molar-refractivity contribution in [1.29, 1.82) is 0 Å². The summed E-state index contributed by atoms with van der Waals surface area (Å²) in [7, 11) is 0. The standard InChI is InChI=1S/C20H19FN4O3S/c1-3-25-18(14-6-4-5-7-15(14)21)23-24-20(25)29-12(2)19(26)22-13-8-9-16-17(10-13)28-11-27-16/h4-10,12H,3,11H2,1-2H3,(H,22,26)/t12-/m0/s1. The minimum absolute atomic E-state index is 0.177. The molecule has 0 aliphatic carbocycles. The quantitative estimate of drug-likeness (QED) is 0.616. The number of thioether (sulfide) groups is 1. The third-order valence-electron chi connectivity index (χ3n) is 4.44. The number of anilines is 1. The van der Waals surface area contributed by atoms with Crippen molar-refractivity contribution in [1.82, 2.24) is 14.8 Å². The molecule has 1 amide bonds. The zero-order valence-corrected chi connectivity index (χ0v) is 16.7. The molecular weight excluding hydrogens is 395 g/mol. The predicted molar refractivity (Wildman–Crippen MR) is 108 cm³/mol. The van der Waals surface area contributed by atoms with Gasteiger partial charge in [0.2, 0.25) is 12.7 Å². The van der Waals surface area contributed by atoms with Crippen LogP contribution in [0.25, 0.3) is 11.4 Å². The maximum atomic E-state index is 14.2. The maximum Gasteiger partial charge on any atom is 0.237 e. The van der Waals surface area contributed by atoms with E-state index in [1.807, 2.05) is 6.92 Å². The fraction of sp³-hybridized carbons (Fsp3) is 0.250. The number of hydrogen-bond donors (Lipinski definition) is 1. The van der Waals surface area contributed by atoms with E-state index in [0.29, 0.717) is 40.3 Å². The lowest BCUT2D eigenvalue weighted by molar-refractivity contribution is -0.115. The van der Waals surface area contributed by atoms with Crippen molar-refractivity contribution in [2.75, 3.05) is 12.1 Å². The summed E-state index contributed by atoms with van der Waals surface area (Å²) in [6, 6.07) is 11.7. The van der Waals surface area contributed by atoms with Crippen LogP contribution in [0, 0.1) is 5.82 Å². The Morgan fingerprint density at radius 1 is 1.24 bits per heavy atom. The van der Waals surface area contributed by atoms with Crippen LogP contribution in [-0.4, -0.2) is 32.7 Å². The van der Waals surface area contributed by atoms with Crippen LogP contribution in [0.1, 0.15) is 13.8 Å². The smallest absolute Gasteiger partial charge is 0.237 e. The van der Waals surface area contributed by atoms with Gasteiger partial charge >= 0.3 is 0 Å². The van der Waals surface area contributed by atoms with Gasteiger partial charge < -0.3 is 19.4 Å². The first-order valence-electron chi connectivity index (χ1n) is 9.12. The fourth-order valence-corrected chi connectivity index (χ4v) is 3.85. The molecule has 9 heteroatoms. The molecule has 1 aliphatic rings. The molecule has 1 aliphatic heterocycles. The number of carbonyl (C=O) groups excluding carboxylic acids is 1. The number of fused-ring (bicyclic) bond motifs is 1. The first-order valence-corrected chi connectivity index (χ1v) is 10.00. The molecule has 2 heterocycles. The molecule has 0 unspecified atom stereocenters. The number of aromatic nitrogens is 3. The summed E-state index contributed by atoms with van der Waals surface area (Å²) in [5, 5.41) is 11.3. The number of rotatable bonds is 6. The Hall–Kier alpha value is -3.07. The van der Waals surface area contributed by atoms with E-state index in [4.69, 9.17) is 9.47 Å². The normalized spacial score (nSPS) is 13.3. The summed E-state index contributed by atoms with van der Waals surface area (Å²) in [5.41, 5.74) is 1.00. The molecule has 0 saturated heterocycles. The molecule has 7 nitrogen and oxygen atoms in total. The topological polar surface area (TPSA) is 78.3 Å². The van der Waals surface area contributed by atoms with E-state index in [1.54, 1.807) is 47.9 Å². The van der Waals surface area contributed by atoms with Gasteiger partial charge in [0.25, 0.3) is 0 Å². The van der Waals surface area contributed by atoms with E-state index in [1.165, 1.54) is 17.8 Å². The lowest BCUT2D eigenvalue weighted by atomic mass is 10.2. The second kappa shape index (κ2) is 8.12. The Balaban J connectivity index is 1.49. The van der Waals surface area contributed by atoms with Gasteiger partial charge in [0.05, 0.1) is 10.8 Å². The highest BCUT2D eigenvalue weighted by Crippen LogP contribution is 2.34. The summed E-state index contributed by atoms with van der Waals surface area (Å²) in [4.78, 5) is 12.6. The van der Waals surface area contributed by atoms with Crippen LogP contribution in [0.4, 0.5) is 10.1 Å². The molecule has 150 valence electrons. The van der Waals surface area contributed by atoms with Gasteiger partial charge in [-0.1, -0.05) is 23.9 Å². The molecule has 2 aromatic carbocycles. The summed E-state index contributed by atoms with van der Waals surface area (Å²) >= 11 is 1.27. The summed E-state index contributed by atoms with van der Waals surface area (Å²) in [6.45, 7) is 4.44. The van der Waals surface area contributed by atoms with E-state index < -0.39 is 5.25 Å². The van der Waals surface area contributed by atoms with Crippen molar-refractivity contribution in [3.8, 4) is 22.9 Å². The van der Waals surface area contributed by atoms with Crippen LogP contribution in [-0.2, 0) is 11.3 Å². The number of amides is 1. The van der Waals surface area contributed by atoms with Crippen molar-refractivity contribution < 1.29 is 18.7 Å². The largest absolute Gasteiger partial charge is 0.454 e. The number of halogens is 1. The van der Waals surface area contributed by atoms with Crippen molar-refractivity contribution in [3.05, 3.63) is 48.3 Å². The number of benzene rings is 2. The van der Waals surface area contributed by atoms with Crippen molar-refractivity contribution >= 4 is 23.4 Å². The average Bonchev–Trinajstić information content (AvgIpc) is 3.34. The highest BCUT2D eigenvalue weighted by molar-refractivity contribution is 8.00. The van der Waals surface area contributed by atoms with Crippen LogP contribution in [0.3, 0.4) is 0 Å². The Kier molecular flexibility index (Phi) is 5.39. The Morgan fingerprint density at radius 3 is 2.83 bits per heavy atom. The number of carbonyl (C=O) groups is 1. The molecule has 0 fully saturated rings. The zero-order chi connectivity index (χ0) is 20.4. The molecule has 1 N–H and O–H groups in total. The second-order valence-corrected chi connectivity index (χ2v) is 7.66. The van der Waals surface area contributed by atoms with Gasteiger partial charge in [-0.05, 0) is 38.1 Å². The van der Waals surface area contributed by atoms with Gasteiger partial charge in [0.15, 0.2) is 22.5 Å². The zero-order valence-electron chi connectivity index (χ0n) is 15.9. The van der Waals surface area contributed by atoms with Gasteiger partial charge in [0.1, 0.15) is 5.82 Å². The average molecular weight is 414 g/mol. The predicted octanol–water partition coefficient (Wildman–Crippen LogP) is 3.95. The van der Waals surface area contributed by atoms with E-state index >= 15 is 0 Å². The second-order valence-electron chi connectivity index (χ2n) is 6.35. The summed E-state index contributed by atoms with van der Waals surface area (Å²) < 4.78 is 26.6. The van der Waals surface area contributed by atoms with Gasteiger partial charge in [-0.2, -0.15) is 0 Å². The highest BCUT2D eigenvalue weighted by atomic mass is 32.2. The van der Waals surface area contributed by atoms with Crippen LogP contribution < -0.4 is 14.8 Å². The minimum Gasteiger partial charge on any atom is -0.454 e. The third kappa shape index (κ3) is 3.91. The van der Waals surface area contributed by atoms with E-state index in [9.17, 15) is 9.18 Å². The van der Waals surface area contributed by atoms with Crippen molar-refractivity contribution in [3.63, 3.8) is 0 Å². The van der Waals surface area contributed by atoms with Crippen molar-refractivity contribution in [2.45, 2.75) is 30.8 Å². The van der Waals surface area contributed by atoms with E-state index in [-0.39, 0.29) is 18.5 Å². The van der Waals surface area contributed by atoms with Crippen molar-refractivity contribution in [2.24, 2.45) is 0 Å². The molecule has 0 spiro atoms. The molecule has 0 radical (unpaired) electrons. The van der Waals surface area contributed by atoms with Gasteiger partial charge in [0, 0.05) is 18.3 Å². The molecule has 29 heavy (non-hydrogen) atoms. The van der Waals surface area contributed by atoms with Crippen LogP contribution in [0.5, 0.6) is 11.5 Å². The van der Waals surface area contributed by atoms with Crippen LogP contribution >= 0.6 is 11.8 Å². The Morgan fingerprint density at radius 2 is 2.03 bits per heavy atom. The Bertz CT molecular complexity index is 1060. The molecule has 0 bridgehead atoms. The fourth-order valence-electron chi connectivity index (χ4n) is 2.93. The molecule has 4 rings (SSSR count). The van der Waals surface area contributed by atoms with E-state index in [0.717, 1.165) is 0 Å². The third-order valence-corrected chi connectivity index (χ3v) is 5.52. The van der Waals surface area contributed by atoms with E-state index in [2.05, 4.69) is 15.5 Å². The van der Waals surface area contributed by atoms with Gasteiger partial charge in [-0.15, -0.1) is 10.2 Å². The molecule has 1 aromatic heterocycles. The summed E-state index contributed by atoms with van der Waals surface area (Å²) in [6.07, 6.45) is 0. The molecule has 3 aromatic rings. The first kappa shape index (κ1) is 19.3. The number of nitrogens with zero attached hydrogens (tertiary/aromatic N) is 3. The summed E-state index contributed by atoms with van der Waals surface area (Å²) in [5.74, 6) is 1.15. The Labute approximate surface area is 171 Å². The monoisotopic (exact) mass is 414 g/mol. The maximum absolute atomic E-state index is 14.2. The number of ether oxygens (including phenoxy) is 2. The van der Waals surface area contributed by atoms with Crippen LogP contribution in [0.2, 0.25) is 0 Å². The minimum atomic E-state index is -0.441. The van der Waals surface area contributed by atoms with Crippen LogP contribution in [0.15, 0.2) is 47.6 Å². The number of nitrogens with one attached hydrogen (secondary N) is 1. The highest BCUT2D eigenvalue weighted by Gasteiger charge is 2.22. The van der Waals surface area contributed by atoms with Gasteiger partial charge in [-0.25, -0.2) is 4.39 Å². The molecule has 0 saturated carbocycles. The lowest BCUT2D eigenvalue weighted by Crippen LogP contribution is -2.23. The first-order chi connectivity index (χ1) is 14.1. The molecule has 1 atom stereocenters. The van der Waals surface area contributed by atoms with Gasteiger partial charge in [-0.3, -0.25) is 4.79 Å².